The van der Waals surface area contributed by atoms with Crippen molar-refractivity contribution in [1.82, 2.24) is 4.90 Å². The maximum Gasteiger partial charge on any atom is 0.264 e. The summed E-state index contributed by atoms with van der Waals surface area (Å²) in [6.45, 7) is 0.170. The lowest BCUT2D eigenvalue weighted by Crippen LogP contribution is -2.22. The molecule has 0 aromatic heterocycles. The summed E-state index contributed by atoms with van der Waals surface area (Å²) in [6, 6.07) is 13.3. The van der Waals surface area contributed by atoms with Crippen molar-refractivity contribution in [1.29, 1.82) is 5.26 Å². The minimum absolute atomic E-state index is 0.00120. The van der Waals surface area contributed by atoms with Crippen LogP contribution in [0.2, 0.25) is 0 Å². The summed E-state index contributed by atoms with van der Waals surface area (Å²) in [7, 11) is 3.16. The Hall–Kier alpha value is -2.65. The van der Waals surface area contributed by atoms with Crippen LogP contribution in [-0.2, 0) is 11.4 Å². The van der Waals surface area contributed by atoms with E-state index in [1.54, 1.807) is 44.4 Å². The van der Waals surface area contributed by atoms with Crippen LogP contribution in [-0.4, -0.2) is 24.9 Å². The molecule has 0 unspecified atom stereocenters. The molecule has 0 atom stereocenters. The van der Waals surface area contributed by atoms with Crippen molar-refractivity contribution < 1.29 is 13.9 Å². The number of benzene rings is 2. The van der Waals surface area contributed by atoms with Crippen molar-refractivity contribution in [2.45, 2.75) is 6.61 Å². The van der Waals surface area contributed by atoms with E-state index in [-0.39, 0.29) is 18.0 Å². The molecule has 0 radical (unpaired) electrons. The van der Waals surface area contributed by atoms with Crippen molar-refractivity contribution in [2.75, 3.05) is 14.1 Å². The van der Waals surface area contributed by atoms with E-state index < -0.39 is 5.91 Å². The van der Waals surface area contributed by atoms with E-state index >= 15 is 0 Å². The molecule has 25 heavy (non-hydrogen) atoms. The summed E-state index contributed by atoms with van der Waals surface area (Å²) >= 11 is 3.37. The predicted octanol–water partition coefficient (Wildman–Crippen LogP) is 4.16. The molecule has 2 aromatic rings. The zero-order valence-corrected chi connectivity index (χ0v) is 15.4. The Kier molecular flexibility index (Phi) is 6.31. The highest BCUT2D eigenvalue weighted by Gasteiger charge is 2.13. The Morgan fingerprint density at radius 2 is 2.08 bits per heavy atom. The third kappa shape index (κ3) is 5.16. The van der Waals surface area contributed by atoms with Crippen LogP contribution in [0.15, 0.2) is 52.5 Å². The molecule has 0 saturated carbocycles. The molecule has 0 aliphatic carbocycles. The maximum absolute atomic E-state index is 13.3. The third-order valence-electron chi connectivity index (χ3n) is 3.31. The number of hydrogen-bond donors (Lipinski definition) is 0. The number of nitrogens with zero attached hydrogens (tertiary/aromatic N) is 2. The van der Waals surface area contributed by atoms with Crippen molar-refractivity contribution in [3.63, 3.8) is 0 Å². The average Bonchev–Trinajstić information content (AvgIpc) is 2.58. The SMILES string of the molecule is CN(C)C(=O)/C(C#N)=C\c1cc(Br)ccc1OCc1cccc(F)c1. The molecule has 0 spiro atoms. The smallest absolute Gasteiger partial charge is 0.264 e. The highest BCUT2D eigenvalue weighted by molar-refractivity contribution is 9.10. The fraction of sp³-hybridized carbons (Fsp3) is 0.158. The average molecular weight is 403 g/mol. The largest absolute Gasteiger partial charge is 0.488 e. The molecular weight excluding hydrogens is 387 g/mol. The van der Waals surface area contributed by atoms with Crippen LogP contribution in [0.3, 0.4) is 0 Å². The second-order valence-corrected chi connectivity index (χ2v) is 6.39. The van der Waals surface area contributed by atoms with E-state index in [0.29, 0.717) is 16.9 Å². The maximum atomic E-state index is 13.3. The predicted molar refractivity (Wildman–Crippen MR) is 97.2 cm³/mol. The fourth-order valence-corrected chi connectivity index (χ4v) is 2.47. The van der Waals surface area contributed by atoms with Crippen LogP contribution in [0.25, 0.3) is 6.08 Å². The molecule has 2 rings (SSSR count). The standard InChI is InChI=1S/C19H16BrFN2O2/c1-23(2)19(24)15(11-22)9-14-10-16(20)6-7-18(14)25-12-13-4-3-5-17(21)8-13/h3-10H,12H2,1-2H3/b15-9-. The number of nitriles is 1. The summed E-state index contributed by atoms with van der Waals surface area (Å²) in [6.07, 6.45) is 1.48. The molecule has 0 heterocycles. The van der Waals surface area contributed by atoms with Crippen LogP contribution in [0.5, 0.6) is 5.75 Å². The number of hydrogen-bond acceptors (Lipinski definition) is 3. The third-order valence-corrected chi connectivity index (χ3v) is 3.81. The molecule has 4 nitrogen and oxygen atoms in total. The summed E-state index contributed by atoms with van der Waals surface area (Å²) in [4.78, 5) is 13.4. The molecule has 2 aromatic carbocycles. The quantitative estimate of drug-likeness (QED) is 0.557. The molecule has 1 amide bonds. The molecule has 0 saturated heterocycles. The Bertz CT molecular complexity index is 857. The normalized spacial score (nSPS) is 10.9. The Labute approximate surface area is 154 Å². The van der Waals surface area contributed by atoms with Crippen LogP contribution in [0.4, 0.5) is 4.39 Å². The number of carbonyl (C=O) groups excluding carboxylic acids is 1. The molecule has 0 N–H and O–H groups in total. The number of likely N-dealkylation sites (N-methyl/N-ethyl adjacent to an activating group) is 1. The van der Waals surface area contributed by atoms with Crippen molar-refractivity contribution >= 4 is 27.9 Å². The van der Waals surface area contributed by atoms with Gasteiger partial charge in [-0.25, -0.2) is 4.39 Å². The summed E-state index contributed by atoms with van der Waals surface area (Å²) < 4.78 is 19.8. The van der Waals surface area contributed by atoms with E-state index in [9.17, 15) is 14.4 Å². The molecule has 0 aliphatic heterocycles. The second-order valence-electron chi connectivity index (χ2n) is 5.47. The van der Waals surface area contributed by atoms with Gasteiger partial charge in [-0.1, -0.05) is 28.1 Å². The number of rotatable bonds is 5. The van der Waals surface area contributed by atoms with Gasteiger partial charge in [-0.3, -0.25) is 4.79 Å². The zero-order valence-electron chi connectivity index (χ0n) is 13.8. The first-order chi connectivity index (χ1) is 11.9. The van der Waals surface area contributed by atoms with Gasteiger partial charge in [0.1, 0.15) is 29.8 Å². The fourth-order valence-electron chi connectivity index (χ4n) is 2.09. The van der Waals surface area contributed by atoms with Gasteiger partial charge in [-0.05, 0) is 42.0 Å². The number of halogens is 2. The Morgan fingerprint density at radius 3 is 2.72 bits per heavy atom. The topological polar surface area (TPSA) is 53.3 Å². The first kappa shape index (κ1) is 18.7. The van der Waals surface area contributed by atoms with E-state index in [2.05, 4.69) is 15.9 Å². The van der Waals surface area contributed by atoms with Gasteiger partial charge in [0.05, 0.1) is 0 Å². The van der Waals surface area contributed by atoms with Crippen molar-refractivity contribution in [3.05, 3.63) is 69.5 Å². The minimum Gasteiger partial charge on any atom is -0.488 e. The number of carbonyl (C=O) groups is 1. The van der Waals surface area contributed by atoms with E-state index in [1.165, 1.54) is 23.1 Å². The first-order valence-corrected chi connectivity index (χ1v) is 8.20. The van der Waals surface area contributed by atoms with Gasteiger partial charge < -0.3 is 9.64 Å². The van der Waals surface area contributed by atoms with Gasteiger partial charge in [0, 0.05) is 24.1 Å². The van der Waals surface area contributed by atoms with Crippen LogP contribution in [0.1, 0.15) is 11.1 Å². The zero-order chi connectivity index (χ0) is 18.4. The number of amides is 1. The van der Waals surface area contributed by atoms with Crippen molar-refractivity contribution in [2.24, 2.45) is 0 Å². The van der Waals surface area contributed by atoms with Crippen LogP contribution in [0, 0.1) is 17.1 Å². The lowest BCUT2D eigenvalue weighted by Gasteiger charge is -2.12. The number of ether oxygens (including phenoxy) is 1. The highest BCUT2D eigenvalue weighted by atomic mass is 79.9. The summed E-state index contributed by atoms with van der Waals surface area (Å²) in [5.74, 6) is -0.231. The Morgan fingerprint density at radius 1 is 1.32 bits per heavy atom. The van der Waals surface area contributed by atoms with Gasteiger partial charge >= 0.3 is 0 Å². The second kappa shape index (κ2) is 8.45. The van der Waals surface area contributed by atoms with Gasteiger partial charge in [-0.15, -0.1) is 0 Å². The molecule has 6 heteroatoms. The van der Waals surface area contributed by atoms with Gasteiger partial charge in [0.15, 0.2) is 0 Å². The highest BCUT2D eigenvalue weighted by Crippen LogP contribution is 2.26. The molecule has 0 bridgehead atoms. The molecule has 128 valence electrons. The van der Waals surface area contributed by atoms with E-state index in [1.807, 2.05) is 6.07 Å². The van der Waals surface area contributed by atoms with Gasteiger partial charge in [0.25, 0.3) is 5.91 Å². The van der Waals surface area contributed by atoms with Crippen LogP contribution >= 0.6 is 15.9 Å². The van der Waals surface area contributed by atoms with Crippen LogP contribution < -0.4 is 4.74 Å². The van der Waals surface area contributed by atoms with E-state index in [4.69, 9.17) is 4.74 Å². The van der Waals surface area contributed by atoms with E-state index in [0.717, 1.165) is 4.47 Å². The van der Waals surface area contributed by atoms with Gasteiger partial charge in [-0.2, -0.15) is 5.26 Å². The van der Waals surface area contributed by atoms with Crippen molar-refractivity contribution in [3.8, 4) is 11.8 Å². The lowest BCUT2D eigenvalue weighted by molar-refractivity contribution is -0.124. The first-order valence-electron chi connectivity index (χ1n) is 7.41. The van der Waals surface area contributed by atoms with Gasteiger partial charge in [0.2, 0.25) is 0 Å². The molecule has 0 fully saturated rings. The monoisotopic (exact) mass is 402 g/mol. The lowest BCUT2D eigenvalue weighted by atomic mass is 10.1. The Balaban J connectivity index is 2.31. The summed E-state index contributed by atoms with van der Waals surface area (Å²) in [5.41, 5.74) is 1.26. The molecule has 0 aliphatic rings. The molecular formula is C19H16BrFN2O2. The minimum atomic E-state index is -0.390. The summed E-state index contributed by atoms with van der Waals surface area (Å²) in [5, 5.41) is 9.25.